The quantitative estimate of drug-likeness (QED) is 0.116. The highest BCUT2D eigenvalue weighted by molar-refractivity contribution is 6.37. The molecule has 2 amide bonds. The molecule has 5 rings (SSSR count). The maximum Gasteiger partial charge on any atom is 0.340 e. The van der Waals surface area contributed by atoms with Gasteiger partial charge in [0.25, 0.3) is 17.5 Å². The number of nitro groups is 1. The van der Waals surface area contributed by atoms with Crippen molar-refractivity contribution in [1.29, 1.82) is 0 Å². The summed E-state index contributed by atoms with van der Waals surface area (Å²) >= 11 is 0. The fourth-order valence-corrected chi connectivity index (χ4v) is 4.37. The summed E-state index contributed by atoms with van der Waals surface area (Å²) in [5, 5.41) is 11.8. The lowest BCUT2D eigenvalue weighted by Crippen LogP contribution is -2.41. The van der Waals surface area contributed by atoms with Crippen LogP contribution < -0.4 is 9.64 Å². The molecule has 188 valence electrons. The van der Waals surface area contributed by atoms with Gasteiger partial charge in [0.15, 0.2) is 12.4 Å². The number of rotatable bonds is 7. The first-order chi connectivity index (χ1) is 18.3. The molecule has 38 heavy (non-hydrogen) atoms. The van der Waals surface area contributed by atoms with Gasteiger partial charge in [-0.1, -0.05) is 18.2 Å². The number of nitrogens with zero attached hydrogens (tertiary/aromatic N) is 2. The van der Waals surface area contributed by atoms with E-state index in [4.69, 9.17) is 9.47 Å². The van der Waals surface area contributed by atoms with Crippen molar-refractivity contribution in [3.05, 3.63) is 111 Å². The van der Waals surface area contributed by atoms with Gasteiger partial charge in [-0.15, -0.1) is 0 Å². The van der Waals surface area contributed by atoms with Gasteiger partial charge in [0.05, 0.1) is 28.7 Å². The van der Waals surface area contributed by atoms with E-state index in [0.29, 0.717) is 11.3 Å². The summed E-state index contributed by atoms with van der Waals surface area (Å²) < 4.78 is 10.3. The van der Waals surface area contributed by atoms with Crippen LogP contribution in [0, 0.1) is 10.1 Å². The van der Waals surface area contributed by atoms with Crippen molar-refractivity contribution in [1.82, 2.24) is 0 Å². The largest absolute Gasteiger partial charge is 0.497 e. The predicted octanol–water partition coefficient (Wildman–Crippen LogP) is 4.60. The summed E-state index contributed by atoms with van der Waals surface area (Å²) in [7, 11) is 1.50. The number of carbonyl (C=O) groups excluding carboxylic acids is 4. The number of hydrogen-bond donors (Lipinski definition) is 0. The molecule has 0 saturated carbocycles. The molecule has 0 fully saturated rings. The number of amides is 2. The van der Waals surface area contributed by atoms with Crippen LogP contribution >= 0.6 is 0 Å². The van der Waals surface area contributed by atoms with E-state index in [1.165, 1.54) is 67.8 Å². The molecule has 0 radical (unpaired) electrons. The maximum atomic E-state index is 13.5. The first kappa shape index (κ1) is 24.3. The number of benzene rings is 4. The molecule has 0 aliphatic carbocycles. The van der Waals surface area contributed by atoms with Gasteiger partial charge in [0.2, 0.25) is 0 Å². The van der Waals surface area contributed by atoms with Gasteiger partial charge in [-0.25, -0.2) is 9.69 Å². The molecule has 10 nitrogen and oxygen atoms in total. The van der Waals surface area contributed by atoms with Crippen LogP contribution in [0.15, 0.2) is 78.9 Å². The monoisotopic (exact) mass is 510 g/mol. The smallest absolute Gasteiger partial charge is 0.340 e. The summed E-state index contributed by atoms with van der Waals surface area (Å²) in [6.07, 6.45) is 0. The Morgan fingerprint density at radius 1 is 0.868 bits per heavy atom. The molecule has 4 aromatic carbocycles. The van der Waals surface area contributed by atoms with Crippen LogP contribution in [-0.4, -0.2) is 42.2 Å². The molecule has 1 heterocycles. The third-order valence-electron chi connectivity index (χ3n) is 6.19. The molecular weight excluding hydrogens is 492 g/mol. The number of ketones is 1. The number of esters is 1. The third-order valence-corrected chi connectivity index (χ3v) is 6.19. The second kappa shape index (κ2) is 9.58. The number of hydrogen-bond acceptors (Lipinski definition) is 8. The van der Waals surface area contributed by atoms with E-state index in [9.17, 15) is 29.3 Å². The molecule has 1 aliphatic heterocycles. The zero-order valence-corrected chi connectivity index (χ0v) is 19.9. The molecular formula is C28H18N2O8. The molecule has 0 atom stereocenters. The average Bonchev–Trinajstić information content (AvgIpc) is 2.94. The van der Waals surface area contributed by atoms with Crippen LogP contribution in [0.3, 0.4) is 0 Å². The van der Waals surface area contributed by atoms with Gasteiger partial charge in [-0.05, 0) is 54.6 Å². The number of Topliss-reactive ketones (excluding diaryl/α,β-unsaturated/α-hetero) is 1. The van der Waals surface area contributed by atoms with E-state index >= 15 is 0 Å². The third kappa shape index (κ3) is 4.03. The van der Waals surface area contributed by atoms with E-state index in [0.717, 1.165) is 4.90 Å². The van der Waals surface area contributed by atoms with E-state index in [1.807, 2.05) is 0 Å². The Morgan fingerprint density at radius 3 is 2.24 bits per heavy atom. The first-order valence-electron chi connectivity index (χ1n) is 11.3. The van der Waals surface area contributed by atoms with Gasteiger partial charge in [-0.3, -0.25) is 24.5 Å². The number of nitro benzene ring substituents is 1. The molecule has 0 aromatic heterocycles. The van der Waals surface area contributed by atoms with Gasteiger partial charge < -0.3 is 9.47 Å². The van der Waals surface area contributed by atoms with Crippen molar-refractivity contribution in [2.24, 2.45) is 0 Å². The van der Waals surface area contributed by atoms with E-state index < -0.39 is 35.1 Å². The van der Waals surface area contributed by atoms with E-state index in [-0.39, 0.29) is 38.8 Å². The normalized spacial score (nSPS) is 12.4. The molecule has 0 bridgehead atoms. The minimum atomic E-state index is -0.907. The van der Waals surface area contributed by atoms with Gasteiger partial charge >= 0.3 is 5.97 Å². The molecule has 0 N–H and O–H groups in total. The van der Waals surface area contributed by atoms with E-state index in [1.54, 1.807) is 18.2 Å². The van der Waals surface area contributed by atoms with Crippen LogP contribution in [0.25, 0.3) is 10.8 Å². The maximum absolute atomic E-state index is 13.5. The summed E-state index contributed by atoms with van der Waals surface area (Å²) in [4.78, 5) is 64.2. The number of imide groups is 1. The van der Waals surface area contributed by atoms with Crippen LogP contribution in [0.2, 0.25) is 0 Å². The van der Waals surface area contributed by atoms with Crippen molar-refractivity contribution >= 4 is 45.7 Å². The minimum Gasteiger partial charge on any atom is -0.497 e. The number of anilines is 1. The Hall–Kier alpha value is -5.38. The second-order valence-electron chi connectivity index (χ2n) is 8.31. The van der Waals surface area contributed by atoms with Crippen molar-refractivity contribution in [2.45, 2.75) is 0 Å². The molecule has 0 saturated heterocycles. The molecule has 1 aliphatic rings. The fourth-order valence-electron chi connectivity index (χ4n) is 4.37. The molecule has 0 unspecified atom stereocenters. The fraction of sp³-hybridized carbons (Fsp3) is 0.0714. The highest BCUT2D eigenvalue weighted by Crippen LogP contribution is 2.37. The van der Waals surface area contributed by atoms with Crippen molar-refractivity contribution < 1.29 is 33.6 Å². The Morgan fingerprint density at radius 2 is 1.55 bits per heavy atom. The zero-order chi connectivity index (χ0) is 27.0. The standard InChI is InChI=1S/C28H18N2O8/c1-37-17-11-9-16(10-12-17)24(31)15-38-28(34)19-5-2-3-8-22(19)29-26(32)20-7-4-6-18-23(30(35)36)14-13-21(25(18)20)27(29)33/h2-14H,15H2,1H3. The minimum absolute atomic E-state index is 0.0367. The molecule has 0 spiro atoms. The SMILES string of the molecule is COc1ccc(C(=O)COC(=O)c2ccccc2N2C(=O)c3cccc4c([N+](=O)[O-])ccc(c34)C2=O)cc1. The number of methoxy groups -OCH3 is 1. The number of ether oxygens (including phenoxy) is 2. The van der Waals surface area contributed by atoms with Crippen molar-refractivity contribution in [3.63, 3.8) is 0 Å². The van der Waals surface area contributed by atoms with Crippen LogP contribution in [0.5, 0.6) is 5.75 Å². The lowest BCUT2D eigenvalue weighted by atomic mass is 9.92. The van der Waals surface area contributed by atoms with Crippen LogP contribution in [0.4, 0.5) is 11.4 Å². The second-order valence-corrected chi connectivity index (χ2v) is 8.31. The van der Waals surface area contributed by atoms with Crippen molar-refractivity contribution in [2.75, 3.05) is 18.6 Å². The van der Waals surface area contributed by atoms with Crippen molar-refractivity contribution in [3.8, 4) is 5.75 Å². The zero-order valence-electron chi connectivity index (χ0n) is 19.9. The van der Waals surface area contributed by atoms with Gasteiger partial charge in [0, 0.05) is 28.1 Å². The Bertz CT molecular complexity index is 1640. The van der Waals surface area contributed by atoms with Gasteiger partial charge in [-0.2, -0.15) is 0 Å². The lowest BCUT2D eigenvalue weighted by molar-refractivity contribution is -0.383. The highest BCUT2D eigenvalue weighted by Gasteiger charge is 2.37. The molecule has 4 aromatic rings. The number of carbonyl (C=O) groups is 4. The highest BCUT2D eigenvalue weighted by atomic mass is 16.6. The predicted molar refractivity (Wildman–Crippen MR) is 136 cm³/mol. The van der Waals surface area contributed by atoms with Crippen LogP contribution in [0.1, 0.15) is 41.4 Å². The average molecular weight is 510 g/mol. The summed E-state index contributed by atoms with van der Waals surface area (Å²) in [5.41, 5.74) is 0.106. The summed E-state index contributed by atoms with van der Waals surface area (Å²) in [5.74, 6) is -2.29. The molecule has 10 heteroatoms. The Kier molecular flexibility index (Phi) is 6.13. The number of non-ortho nitro benzene ring substituents is 1. The lowest BCUT2D eigenvalue weighted by Gasteiger charge is -2.28. The number of para-hydroxylation sites is 1. The first-order valence-corrected chi connectivity index (χ1v) is 11.3. The summed E-state index contributed by atoms with van der Waals surface area (Å²) in [6.45, 7) is -0.562. The Labute approximate surface area is 215 Å². The topological polar surface area (TPSA) is 133 Å². The van der Waals surface area contributed by atoms with Gasteiger partial charge in [0.1, 0.15) is 5.75 Å². The Balaban J connectivity index is 1.46. The summed E-state index contributed by atoms with van der Waals surface area (Å²) in [6, 6.07) is 19.1. The van der Waals surface area contributed by atoms with Crippen LogP contribution in [-0.2, 0) is 4.74 Å². The van der Waals surface area contributed by atoms with E-state index in [2.05, 4.69) is 0 Å².